The summed E-state index contributed by atoms with van der Waals surface area (Å²) in [5, 5.41) is 5.75. The first-order valence-electron chi connectivity index (χ1n) is 10.2. The average molecular weight is 472 g/mol. The highest BCUT2D eigenvalue weighted by Crippen LogP contribution is 2.32. The molecule has 2 unspecified atom stereocenters. The fourth-order valence-electron chi connectivity index (χ4n) is 3.37. The maximum Gasteiger partial charge on any atom is 0.338 e. The van der Waals surface area contributed by atoms with Crippen LogP contribution in [0.2, 0.25) is 0 Å². The number of allylic oxidation sites excluding steroid dienone is 1. The van der Waals surface area contributed by atoms with Crippen LogP contribution in [0.3, 0.4) is 0 Å². The second kappa shape index (κ2) is 10.1. The van der Waals surface area contributed by atoms with Crippen LogP contribution >= 0.6 is 23.8 Å². The molecule has 2 aromatic carbocycles. The molecule has 168 valence electrons. The number of hydrogen-bond donors (Lipinski definition) is 2. The minimum Gasteiger partial charge on any atom is -0.459 e. The number of ether oxygens (including phenoxy) is 1. The van der Waals surface area contributed by atoms with Crippen LogP contribution in [0, 0.1) is 0 Å². The Bertz CT molecular complexity index is 1040. The second-order valence-corrected chi connectivity index (χ2v) is 8.60. The average Bonchev–Trinajstić information content (AvgIpc) is 2.77. The van der Waals surface area contributed by atoms with Gasteiger partial charge in [0.25, 0.3) is 0 Å². The lowest BCUT2D eigenvalue weighted by Crippen LogP contribution is -2.46. The van der Waals surface area contributed by atoms with Crippen LogP contribution < -0.4 is 10.6 Å². The lowest BCUT2D eigenvalue weighted by molar-refractivity contribution is -0.143. The summed E-state index contributed by atoms with van der Waals surface area (Å²) in [6.45, 7) is 5.46. The zero-order valence-electron chi connectivity index (χ0n) is 18.4. The van der Waals surface area contributed by atoms with Crippen molar-refractivity contribution in [2.45, 2.75) is 38.3 Å². The molecule has 0 saturated carbocycles. The van der Waals surface area contributed by atoms with Gasteiger partial charge >= 0.3 is 5.97 Å². The quantitative estimate of drug-likeness (QED) is 0.362. The van der Waals surface area contributed by atoms with Crippen molar-refractivity contribution in [2.75, 3.05) is 12.4 Å². The smallest absolute Gasteiger partial charge is 0.338 e. The van der Waals surface area contributed by atoms with Gasteiger partial charge in [-0.1, -0.05) is 42.5 Å². The Morgan fingerprint density at radius 3 is 2.34 bits per heavy atom. The van der Waals surface area contributed by atoms with Gasteiger partial charge in [-0.05, 0) is 56.2 Å². The van der Waals surface area contributed by atoms with Crippen molar-refractivity contribution in [1.29, 1.82) is 0 Å². The number of hydrogen-bond acceptors (Lipinski definition) is 4. The number of anilines is 1. The van der Waals surface area contributed by atoms with E-state index in [0.717, 1.165) is 16.8 Å². The molecule has 1 aliphatic rings. The monoisotopic (exact) mass is 471 g/mol. The summed E-state index contributed by atoms with van der Waals surface area (Å²) in [6, 6.07) is 15.9. The van der Waals surface area contributed by atoms with Gasteiger partial charge in [-0.2, -0.15) is 0 Å². The summed E-state index contributed by atoms with van der Waals surface area (Å²) in [7, 11) is 1.80. The Balaban J connectivity index is 1.81. The van der Waals surface area contributed by atoms with E-state index in [0.29, 0.717) is 16.4 Å². The Morgan fingerprint density at radius 2 is 1.75 bits per heavy atom. The SMILES string of the molecule is CC1=C(C(=O)OC(C)C)C(c2ccc(NC(=O)C(Cl)c3ccccc3)cc2)NC(=S)N1C. The van der Waals surface area contributed by atoms with Crippen molar-refractivity contribution >= 4 is 46.5 Å². The molecule has 0 aliphatic carbocycles. The summed E-state index contributed by atoms with van der Waals surface area (Å²) in [6.07, 6.45) is -0.242. The maximum atomic E-state index is 12.8. The highest BCUT2D eigenvalue weighted by atomic mass is 35.5. The first kappa shape index (κ1) is 23.8. The van der Waals surface area contributed by atoms with Gasteiger partial charge in [-0.15, -0.1) is 11.6 Å². The number of amides is 1. The highest BCUT2D eigenvalue weighted by molar-refractivity contribution is 7.80. The van der Waals surface area contributed by atoms with E-state index in [2.05, 4.69) is 10.6 Å². The lowest BCUT2D eigenvalue weighted by Gasteiger charge is -2.35. The van der Waals surface area contributed by atoms with Crippen LogP contribution in [0.1, 0.15) is 43.3 Å². The molecule has 0 aromatic heterocycles. The highest BCUT2D eigenvalue weighted by Gasteiger charge is 2.33. The Hall–Kier alpha value is -2.90. The van der Waals surface area contributed by atoms with Gasteiger partial charge in [0.05, 0.1) is 17.7 Å². The normalized spacial score (nSPS) is 17.1. The fourth-order valence-corrected chi connectivity index (χ4v) is 3.82. The number of nitrogens with zero attached hydrogens (tertiary/aromatic N) is 1. The lowest BCUT2D eigenvalue weighted by atomic mass is 9.95. The molecule has 2 atom stereocenters. The van der Waals surface area contributed by atoms with Crippen LogP contribution in [0.15, 0.2) is 65.9 Å². The summed E-state index contributed by atoms with van der Waals surface area (Å²) in [5.41, 5.74) is 3.37. The minimum absolute atomic E-state index is 0.242. The number of carbonyl (C=O) groups excluding carboxylic acids is 2. The van der Waals surface area contributed by atoms with E-state index in [4.69, 9.17) is 28.6 Å². The largest absolute Gasteiger partial charge is 0.459 e. The van der Waals surface area contributed by atoms with Gasteiger partial charge in [0.15, 0.2) is 5.11 Å². The van der Waals surface area contributed by atoms with Gasteiger partial charge in [0.1, 0.15) is 5.38 Å². The molecule has 0 spiro atoms. The van der Waals surface area contributed by atoms with E-state index in [-0.39, 0.29) is 12.0 Å². The molecule has 0 radical (unpaired) electrons. The number of carbonyl (C=O) groups is 2. The molecule has 6 nitrogen and oxygen atoms in total. The van der Waals surface area contributed by atoms with E-state index < -0.39 is 17.4 Å². The van der Waals surface area contributed by atoms with Crippen LogP contribution in [0.4, 0.5) is 5.69 Å². The summed E-state index contributed by atoms with van der Waals surface area (Å²) >= 11 is 11.7. The predicted molar refractivity (Wildman–Crippen MR) is 130 cm³/mol. The molecule has 1 heterocycles. The van der Waals surface area contributed by atoms with Crippen molar-refractivity contribution in [1.82, 2.24) is 10.2 Å². The number of esters is 1. The topological polar surface area (TPSA) is 70.7 Å². The Morgan fingerprint density at radius 1 is 1.12 bits per heavy atom. The third kappa shape index (κ3) is 5.29. The zero-order chi connectivity index (χ0) is 23.4. The number of halogens is 1. The van der Waals surface area contributed by atoms with Crippen molar-refractivity contribution in [2.24, 2.45) is 0 Å². The molecule has 3 rings (SSSR count). The third-order valence-corrected chi connectivity index (χ3v) is 5.99. The number of thiocarbonyl (C=S) groups is 1. The van der Waals surface area contributed by atoms with Gasteiger partial charge < -0.3 is 20.3 Å². The standard InChI is InChI=1S/C24H26ClN3O3S/c1-14(2)31-23(30)19-15(3)28(4)24(32)27-21(19)17-10-12-18(13-11-17)26-22(29)20(25)16-8-6-5-7-9-16/h5-14,20-21H,1-4H3,(H,26,29)(H,27,32). The van der Waals surface area contributed by atoms with E-state index in [1.54, 1.807) is 36.2 Å². The molecule has 0 fully saturated rings. The van der Waals surface area contributed by atoms with Crippen molar-refractivity contribution in [3.05, 3.63) is 77.0 Å². The van der Waals surface area contributed by atoms with Crippen LogP contribution in [-0.2, 0) is 14.3 Å². The molecule has 2 N–H and O–H groups in total. The molecule has 0 bridgehead atoms. The molecule has 0 saturated heterocycles. The van der Waals surface area contributed by atoms with E-state index >= 15 is 0 Å². The van der Waals surface area contributed by atoms with E-state index in [1.165, 1.54) is 0 Å². The van der Waals surface area contributed by atoms with Crippen LogP contribution in [0.25, 0.3) is 0 Å². The summed E-state index contributed by atoms with van der Waals surface area (Å²) < 4.78 is 5.46. The zero-order valence-corrected chi connectivity index (χ0v) is 20.0. The van der Waals surface area contributed by atoms with Crippen molar-refractivity contribution in [3.63, 3.8) is 0 Å². The number of rotatable bonds is 6. The van der Waals surface area contributed by atoms with Gasteiger partial charge in [0.2, 0.25) is 5.91 Å². The van der Waals surface area contributed by atoms with Gasteiger partial charge in [-0.25, -0.2) is 4.79 Å². The summed E-state index contributed by atoms with van der Waals surface area (Å²) in [5.74, 6) is -0.712. The minimum atomic E-state index is -0.799. The molecular weight excluding hydrogens is 446 g/mol. The van der Waals surface area contributed by atoms with Crippen molar-refractivity contribution in [3.8, 4) is 0 Å². The molecule has 1 amide bonds. The molecule has 2 aromatic rings. The molecule has 8 heteroatoms. The second-order valence-electron chi connectivity index (χ2n) is 7.78. The maximum absolute atomic E-state index is 12.8. The fraction of sp³-hybridized carbons (Fsp3) is 0.292. The van der Waals surface area contributed by atoms with Crippen molar-refractivity contribution < 1.29 is 14.3 Å². The van der Waals surface area contributed by atoms with Gasteiger partial charge in [-0.3, -0.25) is 4.79 Å². The first-order chi connectivity index (χ1) is 15.2. The number of alkyl halides is 1. The van der Waals surface area contributed by atoms with Crippen LogP contribution in [-0.4, -0.2) is 35.0 Å². The molecule has 1 aliphatic heterocycles. The van der Waals surface area contributed by atoms with Gasteiger partial charge in [0, 0.05) is 18.4 Å². The van der Waals surface area contributed by atoms with Crippen LogP contribution in [0.5, 0.6) is 0 Å². The third-order valence-electron chi connectivity index (χ3n) is 5.15. The van der Waals surface area contributed by atoms with E-state index in [1.807, 2.05) is 51.1 Å². The number of nitrogens with one attached hydrogen (secondary N) is 2. The molecular formula is C24H26ClN3O3S. The Labute approximate surface area is 198 Å². The summed E-state index contributed by atoms with van der Waals surface area (Å²) in [4.78, 5) is 27.1. The first-order valence-corrected chi connectivity index (χ1v) is 11.1. The predicted octanol–water partition coefficient (Wildman–Crippen LogP) is 4.69. The number of benzene rings is 2. The Kier molecular flexibility index (Phi) is 7.53. The molecule has 32 heavy (non-hydrogen) atoms. The van der Waals surface area contributed by atoms with E-state index in [9.17, 15) is 9.59 Å².